The SMILES string of the molecule is O=S(=O)(Nc1c(Cl)cccc1Cl)c1ccc(CO)s1. The lowest BCUT2D eigenvalue weighted by molar-refractivity contribution is 0.285. The Labute approximate surface area is 124 Å². The summed E-state index contributed by atoms with van der Waals surface area (Å²) in [6, 6.07) is 7.67. The molecule has 102 valence electrons. The van der Waals surface area contributed by atoms with Crippen molar-refractivity contribution in [2.45, 2.75) is 10.8 Å². The van der Waals surface area contributed by atoms with Gasteiger partial charge in [0.1, 0.15) is 4.21 Å². The third-order valence-corrected chi connectivity index (χ3v) is 5.80. The Bertz CT molecular complexity index is 677. The number of hydrogen-bond donors (Lipinski definition) is 2. The number of hydrogen-bond acceptors (Lipinski definition) is 4. The number of halogens is 2. The predicted molar refractivity (Wildman–Crippen MR) is 77.5 cm³/mol. The van der Waals surface area contributed by atoms with Gasteiger partial charge >= 0.3 is 0 Å². The molecule has 0 aliphatic carbocycles. The molecule has 2 aromatic rings. The number of anilines is 1. The molecule has 0 amide bonds. The molecular formula is C11H9Cl2NO3S2. The van der Waals surface area contributed by atoms with Crippen LogP contribution < -0.4 is 4.72 Å². The smallest absolute Gasteiger partial charge is 0.271 e. The van der Waals surface area contributed by atoms with Crippen LogP contribution in [0.3, 0.4) is 0 Å². The molecule has 1 aromatic heterocycles. The number of para-hydroxylation sites is 1. The van der Waals surface area contributed by atoms with Crippen LogP contribution in [-0.2, 0) is 16.6 Å². The van der Waals surface area contributed by atoms with E-state index < -0.39 is 10.0 Å². The maximum absolute atomic E-state index is 12.1. The van der Waals surface area contributed by atoms with E-state index in [9.17, 15) is 8.42 Å². The average Bonchev–Trinajstić information content (AvgIpc) is 2.83. The van der Waals surface area contributed by atoms with Gasteiger partial charge in [-0.2, -0.15) is 0 Å². The second kappa shape index (κ2) is 5.68. The van der Waals surface area contributed by atoms with Crippen LogP contribution >= 0.6 is 34.5 Å². The van der Waals surface area contributed by atoms with Gasteiger partial charge in [-0.1, -0.05) is 29.3 Å². The highest BCUT2D eigenvalue weighted by molar-refractivity contribution is 7.94. The fourth-order valence-corrected chi connectivity index (χ4v) is 4.29. The Hall–Kier alpha value is -0.790. The maximum atomic E-state index is 12.1. The number of aliphatic hydroxyl groups is 1. The van der Waals surface area contributed by atoms with E-state index >= 15 is 0 Å². The molecule has 19 heavy (non-hydrogen) atoms. The van der Waals surface area contributed by atoms with Crippen molar-refractivity contribution in [3.05, 3.63) is 45.3 Å². The Morgan fingerprint density at radius 3 is 2.32 bits per heavy atom. The maximum Gasteiger partial charge on any atom is 0.271 e. The van der Waals surface area contributed by atoms with Crippen LogP contribution in [0.4, 0.5) is 5.69 Å². The largest absolute Gasteiger partial charge is 0.391 e. The fourth-order valence-electron chi connectivity index (χ4n) is 1.37. The number of rotatable bonds is 4. The monoisotopic (exact) mass is 337 g/mol. The summed E-state index contributed by atoms with van der Waals surface area (Å²) >= 11 is 12.8. The van der Waals surface area contributed by atoms with Crippen molar-refractivity contribution in [2.75, 3.05) is 4.72 Å². The van der Waals surface area contributed by atoms with Crippen LogP contribution in [0.25, 0.3) is 0 Å². The molecule has 0 aliphatic rings. The highest BCUT2D eigenvalue weighted by Gasteiger charge is 2.19. The summed E-state index contributed by atoms with van der Waals surface area (Å²) < 4.78 is 26.7. The Balaban J connectivity index is 2.36. The summed E-state index contributed by atoms with van der Waals surface area (Å²) in [6.45, 7) is -0.201. The summed E-state index contributed by atoms with van der Waals surface area (Å²) in [5.74, 6) is 0. The molecule has 0 unspecified atom stereocenters. The van der Waals surface area contributed by atoms with Crippen LogP contribution in [0.2, 0.25) is 10.0 Å². The van der Waals surface area contributed by atoms with Gasteiger partial charge in [0.15, 0.2) is 0 Å². The van der Waals surface area contributed by atoms with Gasteiger partial charge in [0.05, 0.1) is 22.3 Å². The molecule has 1 heterocycles. The second-order valence-electron chi connectivity index (χ2n) is 3.58. The summed E-state index contributed by atoms with van der Waals surface area (Å²) in [5, 5.41) is 9.38. The summed E-state index contributed by atoms with van der Waals surface area (Å²) in [4.78, 5) is 0.561. The molecule has 2 rings (SSSR count). The van der Waals surface area contributed by atoms with Gasteiger partial charge in [-0.15, -0.1) is 11.3 Å². The third-order valence-electron chi connectivity index (χ3n) is 2.26. The fraction of sp³-hybridized carbons (Fsp3) is 0.0909. The lowest BCUT2D eigenvalue weighted by Gasteiger charge is -2.09. The zero-order valence-electron chi connectivity index (χ0n) is 9.43. The molecule has 0 spiro atoms. The third kappa shape index (κ3) is 3.21. The lowest BCUT2D eigenvalue weighted by atomic mass is 10.3. The van der Waals surface area contributed by atoms with Gasteiger partial charge in [-0.3, -0.25) is 4.72 Å². The number of benzene rings is 1. The highest BCUT2D eigenvalue weighted by Crippen LogP contribution is 2.33. The first-order chi connectivity index (χ1) is 8.94. The Morgan fingerprint density at radius 2 is 1.79 bits per heavy atom. The topological polar surface area (TPSA) is 66.4 Å². The van der Waals surface area contributed by atoms with Crippen LogP contribution in [0.15, 0.2) is 34.5 Å². The molecule has 2 N–H and O–H groups in total. The average molecular weight is 338 g/mol. The Kier molecular flexibility index (Phi) is 4.37. The number of sulfonamides is 1. The van der Waals surface area contributed by atoms with Crippen LogP contribution in [0.5, 0.6) is 0 Å². The quantitative estimate of drug-likeness (QED) is 0.898. The highest BCUT2D eigenvalue weighted by atomic mass is 35.5. The van der Waals surface area contributed by atoms with Crippen molar-refractivity contribution in [3.63, 3.8) is 0 Å². The molecule has 0 saturated heterocycles. The standard InChI is InChI=1S/C11H9Cl2NO3S2/c12-8-2-1-3-9(13)11(8)14-19(16,17)10-5-4-7(6-15)18-10/h1-5,14-15H,6H2. The summed E-state index contributed by atoms with van der Waals surface area (Å²) in [6.07, 6.45) is 0. The minimum atomic E-state index is -3.76. The van der Waals surface area contributed by atoms with Gasteiger partial charge in [-0.05, 0) is 24.3 Å². The molecule has 0 saturated carbocycles. The Morgan fingerprint density at radius 1 is 1.16 bits per heavy atom. The molecule has 1 aromatic carbocycles. The lowest BCUT2D eigenvalue weighted by Crippen LogP contribution is -2.12. The minimum absolute atomic E-state index is 0.0903. The second-order valence-corrected chi connectivity index (χ2v) is 7.47. The van der Waals surface area contributed by atoms with Crippen LogP contribution in [0, 0.1) is 0 Å². The summed E-state index contributed by atoms with van der Waals surface area (Å²) in [7, 11) is -3.76. The van der Waals surface area contributed by atoms with E-state index in [2.05, 4.69) is 4.72 Å². The number of aliphatic hydroxyl groups excluding tert-OH is 1. The van der Waals surface area contributed by atoms with Gasteiger partial charge in [0, 0.05) is 4.88 Å². The zero-order valence-corrected chi connectivity index (χ0v) is 12.6. The molecular weight excluding hydrogens is 329 g/mol. The van der Waals surface area contributed by atoms with Crippen molar-refractivity contribution in [1.29, 1.82) is 0 Å². The van der Waals surface area contributed by atoms with Gasteiger partial charge in [0.2, 0.25) is 0 Å². The van der Waals surface area contributed by atoms with E-state index in [1.54, 1.807) is 24.3 Å². The van der Waals surface area contributed by atoms with E-state index in [4.69, 9.17) is 28.3 Å². The minimum Gasteiger partial charge on any atom is -0.391 e. The van der Waals surface area contributed by atoms with E-state index in [0.29, 0.717) is 4.88 Å². The zero-order chi connectivity index (χ0) is 14.0. The van der Waals surface area contributed by atoms with Crippen molar-refractivity contribution in [3.8, 4) is 0 Å². The van der Waals surface area contributed by atoms with E-state index in [-0.39, 0.29) is 26.5 Å². The van der Waals surface area contributed by atoms with E-state index in [0.717, 1.165) is 11.3 Å². The van der Waals surface area contributed by atoms with Crippen molar-refractivity contribution < 1.29 is 13.5 Å². The molecule has 0 atom stereocenters. The molecule has 8 heteroatoms. The number of nitrogens with one attached hydrogen (secondary N) is 1. The molecule has 0 bridgehead atoms. The predicted octanol–water partition coefficient (Wildman–Crippen LogP) is 3.35. The van der Waals surface area contributed by atoms with Crippen LogP contribution in [-0.4, -0.2) is 13.5 Å². The van der Waals surface area contributed by atoms with Crippen molar-refractivity contribution in [2.24, 2.45) is 0 Å². The normalized spacial score (nSPS) is 11.5. The molecule has 0 radical (unpaired) electrons. The van der Waals surface area contributed by atoms with Crippen molar-refractivity contribution in [1.82, 2.24) is 0 Å². The first-order valence-electron chi connectivity index (χ1n) is 5.10. The summed E-state index contributed by atoms with van der Waals surface area (Å²) in [5.41, 5.74) is 0.143. The van der Waals surface area contributed by atoms with E-state index in [1.807, 2.05) is 0 Å². The van der Waals surface area contributed by atoms with Gasteiger partial charge in [-0.25, -0.2) is 8.42 Å². The molecule has 0 aliphatic heterocycles. The molecule has 4 nitrogen and oxygen atoms in total. The first kappa shape index (κ1) is 14.6. The van der Waals surface area contributed by atoms with Crippen LogP contribution in [0.1, 0.15) is 4.88 Å². The van der Waals surface area contributed by atoms with E-state index in [1.165, 1.54) is 6.07 Å². The van der Waals surface area contributed by atoms with Crippen molar-refractivity contribution >= 4 is 50.2 Å². The molecule has 0 fully saturated rings. The number of thiophene rings is 1. The van der Waals surface area contributed by atoms with Gasteiger partial charge < -0.3 is 5.11 Å². The van der Waals surface area contributed by atoms with Gasteiger partial charge in [0.25, 0.3) is 10.0 Å². The first-order valence-corrected chi connectivity index (χ1v) is 8.16.